The van der Waals surface area contributed by atoms with E-state index in [9.17, 15) is 5.11 Å². The van der Waals surface area contributed by atoms with E-state index >= 15 is 0 Å². The zero-order chi connectivity index (χ0) is 13.5. The van der Waals surface area contributed by atoms with Crippen LogP contribution < -0.4 is 20.4 Å². The average molecular weight is 323 g/mol. The van der Waals surface area contributed by atoms with Crippen LogP contribution in [-0.4, -0.2) is 12.2 Å². The molecule has 0 aliphatic carbocycles. The number of anilines is 2. The molecule has 1 aliphatic heterocycles. The van der Waals surface area contributed by atoms with Crippen LogP contribution in [0.4, 0.5) is 11.5 Å². The van der Waals surface area contributed by atoms with Crippen LogP contribution in [-0.2, 0) is 5.85 Å². The van der Waals surface area contributed by atoms with E-state index < -0.39 is 5.85 Å². The summed E-state index contributed by atoms with van der Waals surface area (Å²) in [4.78, 5) is 3.06. The molecule has 0 radical (unpaired) electrons. The van der Waals surface area contributed by atoms with Crippen molar-refractivity contribution in [3.8, 4) is 5.75 Å². The lowest BCUT2D eigenvalue weighted by Gasteiger charge is -2.19. The number of halogens is 1. The van der Waals surface area contributed by atoms with E-state index in [4.69, 9.17) is 4.74 Å². The number of benzene rings is 1. The predicted octanol–water partition coefficient (Wildman–Crippen LogP) is 1.91. The zero-order valence-electron chi connectivity index (χ0n) is 10.2. The SMILES string of the molecule is COc1ccc([C@]2(O)Nc3cc(Br)c[nH+]c3N2)cc1. The molecule has 1 aromatic carbocycles. The molecule has 0 saturated carbocycles. The Balaban J connectivity index is 1.93. The van der Waals surface area contributed by atoms with Crippen LogP contribution in [0.1, 0.15) is 5.56 Å². The first-order chi connectivity index (χ1) is 9.10. The highest BCUT2D eigenvalue weighted by Gasteiger charge is 2.42. The molecule has 4 N–H and O–H groups in total. The van der Waals surface area contributed by atoms with Gasteiger partial charge in [-0.25, -0.2) is 10.3 Å². The summed E-state index contributed by atoms with van der Waals surface area (Å²) in [5.41, 5.74) is 1.50. The van der Waals surface area contributed by atoms with Crippen molar-refractivity contribution in [1.82, 2.24) is 0 Å². The molecule has 98 valence electrons. The van der Waals surface area contributed by atoms with Crippen molar-refractivity contribution in [2.45, 2.75) is 5.85 Å². The maximum Gasteiger partial charge on any atom is 0.312 e. The molecule has 0 amide bonds. The number of hydrogen-bond acceptors (Lipinski definition) is 4. The van der Waals surface area contributed by atoms with Gasteiger partial charge in [0, 0.05) is 0 Å². The highest BCUT2D eigenvalue weighted by molar-refractivity contribution is 9.10. The Morgan fingerprint density at radius 1 is 1.26 bits per heavy atom. The molecule has 0 fully saturated rings. The Bertz CT molecular complexity index is 618. The third kappa shape index (κ3) is 2.13. The first-order valence-corrected chi connectivity index (χ1v) is 6.54. The third-order valence-corrected chi connectivity index (χ3v) is 3.49. The number of aromatic amines is 1. The van der Waals surface area contributed by atoms with Gasteiger partial charge in [-0.05, 0) is 46.3 Å². The van der Waals surface area contributed by atoms with Gasteiger partial charge in [0.2, 0.25) is 0 Å². The number of aliphatic hydroxyl groups is 1. The highest BCUT2D eigenvalue weighted by Crippen LogP contribution is 2.36. The van der Waals surface area contributed by atoms with E-state index in [1.54, 1.807) is 37.6 Å². The Morgan fingerprint density at radius 3 is 2.68 bits per heavy atom. The number of hydrogen-bond donors (Lipinski definition) is 3. The van der Waals surface area contributed by atoms with Crippen LogP contribution in [0.25, 0.3) is 0 Å². The van der Waals surface area contributed by atoms with Crippen molar-refractivity contribution >= 4 is 27.4 Å². The number of methoxy groups -OCH3 is 1. The smallest absolute Gasteiger partial charge is 0.312 e. The topological polar surface area (TPSA) is 67.7 Å². The molecule has 1 atom stereocenters. The number of pyridine rings is 1. The number of aromatic nitrogens is 1. The summed E-state index contributed by atoms with van der Waals surface area (Å²) in [6, 6.07) is 9.11. The lowest BCUT2D eigenvalue weighted by atomic mass is 10.1. The quantitative estimate of drug-likeness (QED) is 0.790. The molecule has 0 saturated heterocycles. The van der Waals surface area contributed by atoms with Crippen LogP contribution in [0.2, 0.25) is 0 Å². The van der Waals surface area contributed by atoms with Gasteiger partial charge in [-0.2, -0.15) is 0 Å². The lowest BCUT2D eigenvalue weighted by molar-refractivity contribution is -0.361. The molecule has 1 aromatic heterocycles. The minimum Gasteiger partial charge on any atom is -0.497 e. The van der Waals surface area contributed by atoms with Crippen LogP contribution >= 0.6 is 15.9 Å². The van der Waals surface area contributed by atoms with Crippen LogP contribution in [0.3, 0.4) is 0 Å². The van der Waals surface area contributed by atoms with Crippen molar-refractivity contribution < 1.29 is 14.8 Å². The van der Waals surface area contributed by atoms with E-state index in [0.717, 1.165) is 21.7 Å². The molecule has 0 unspecified atom stereocenters. The Labute approximate surface area is 118 Å². The molecular weight excluding hydrogens is 310 g/mol. The van der Waals surface area contributed by atoms with Crippen molar-refractivity contribution in [1.29, 1.82) is 0 Å². The van der Waals surface area contributed by atoms with Crippen molar-refractivity contribution in [3.63, 3.8) is 0 Å². The van der Waals surface area contributed by atoms with Gasteiger partial charge >= 0.3 is 5.85 Å². The third-order valence-electron chi connectivity index (χ3n) is 3.04. The fourth-order valence-electron chi connectivity index (χ4n) is 2.06. The largest absolute Gasteiger partial charge is 0.497 e. The maximum absolute atomic E-state index is 10.6. The van der Waals surface area contributed by atoms with Crippen LogP contribution in [0.5, 0.6) is 5.75 Å². The average Bonchev–Trinajstić information content (AvgIpc) is 2.75. The van der Waals surface area contributed by atoms with Crippen molar-refractivity contribution in [2.24, 2.45) is 0 Å². The molecule has 3 rings (SSSR count). The summed E-state index contributed by atoms with van der Waals surface area (Å²) < 4.78 is 6.01. The van der Waals surface area contributed by atoms with Gasteiger partial charge in [-0.3, -0.25) is 0 Å². The summed E-state index contributed by atoms with van der Waals surface area (Å²) in [6.07, 6.45) is 1.80. The zero-order valence-corrected chi connectivity index (χ0v) is 11.8. The first kappa shape index (κ1) is 12.3. The van der Waals surface area contributed by atoms with Crippen molar-refractivity contribution in [2.75, 3.05) is 17.7 Å². The number of fused-ring (bicyclic) bond motifs is 1. The monoisotopic (exact) mass is 322 g/mol. The van der Waals surface area contributed by atoms with E-state index in [1.165, 1.54) is 0 Å². The molecule has 0 spiro atoms. The summed E-state index contributed by atoms with van der Waals surface area (Å²) in [5.74, 6) is 0.157. The Hall–Kier alpha value is -1.79. The molecule has 1 aliphatic rings. The lowest BCUT2D eigenvalue weighted by Crippen LogP contribution is -2.38. The maximum atomic E-state index is 10.6. The van der Waals surface area contributed by atoms with Crippen LogP contribution in [0.15, 0.2) is 41.0 Å². The summed E-state index contributed by atoms with van der Waals surface area (Å²) >= 11 is 3.38. The van der Waals surface area contributed by atoms with E-state index in [-0.39, 0.29) is 0 Å². The molecule has 6 heteroatoms. The normalized spacial score (nSPS) is 20.4. The van der Waals surface area contributed by atoms with Gasteiger partial charge in [0.15, 0.2) is 0 Å². The summed E-state index contributed by atoms with van der Waals surface area (Å²) in [5, 5.41) is 16.7. The van der Waals surface area contributed by atoms with E-state index in [1.807, 2.05) is 6.07 Å². The summed E-state index contributed by atoms with van der Waals surface area (Å²) in [7, 11) is 1.61. The number of rotatable bonds is 2. The predicted molar refractivity (Wildman–Crippen MR) is 74.8 cm³/mol. The minimum atomic E-state index is -1.33. The fourth-order valence-corrected chi connectivity index (χ4v) is 2.40. The van der Waals surface area contributed by atoms with Gasteiger partial charge < -0.3 is 15.2 Å². The number of nitrogens with one attached hydrogen (secondary N) is 3. The Morgan fingerprint density at radius 2 is 2.00 bits per heavy atom. The van der Waals surface area contributed by atoms with Gasteiger partial charge in [0.25, 0.3) is 5.82 Å². The number of ether oxygens (including phenoxy) is 1. The molecule has 19 heavy (non-hydrogen) atoms. The molecule has 2 heterocycles. The fraction of sp³-hybridized carbons (Fsp3) is 0.154. The second-order valence-corrected chi connectivity index (χ2v) is 5.21. The Kier molecular flexibility index (Phi) is 2.83. The van der Waals surface area contributed by atoms with Gasteiger partial charge in [0.1, 0.15) is 17.6 Å². The van der Waals surface area contributed by atoms with Crippen LogP contribution in [0, 0.1) is 0 Å². The van der Waals surface area contributed by atoms with E-state index in [2.05, 4.69) is 31.5 Å². The molecule has 0 bridgehead atoms. The second kappa shape index (κ2) is 4.40. The molecule has 5 nitrogen and oxygen atoms in total. The van der Waals surface area contributed by atoms with Crippen molar-refractivity contribution in [3.05, 3.63) is 46.6 Å². The standard InChI is InChI=1S/C13H12BrN3O2/c1-19-10-4-2-8(3-5-10)13(18)16-11-6-9(14)7-15-12(11)17-13/h2-7,16,18H,1H3,(H,15,17)/p+1/t13-/m0/s1. The molecular formula is C13H13BrN3O2+. The highest BCUT2D eigenvalue weighted by atomic mass is 79.9. The minimum absolute atomic E-state index is 0.703. The number of H-pyrrole nitrogens is 1. The first-order valence-electron chi connectivity index (χ1n) is 5.75. The second-order valence-electron chi connectivity index (χ2n) is 4.30. The van der Waals surface area contributed by atoms with E-state index in [0.29, 0.717) is 5.56 Å². The summed E-state index contributed by atoms with van der Waals surface area (Å²) in [6.45, 7) is 0. The van der Waals surface area contributed by atoms with Gasteiger partial charge in [-0.1, -0.05) is 0 Å². The van der Waals surface area contributed by atoms with Gasteiger partial charge in [-0.15, -0.1) is 0 Å². The van der Waals surface area contributed by atoms with Gasteiger partial charge in [0.05, 0.1) is 17.1 Å². The molecule has 2 aromatic rings.